The molecule has 0 spiro atoms. The number of phosphoric acid groups is 1. The van der Waals surface area contributed by atoms with Gasteiger partial charge in [0.2, 0.25) is 0 Å². The van der Waals surface area contributed by atoms with Crippen LogP contribution in [0.2, 0.25) is 0 Å². The van der Waals surface area contributed by atoms with Crippen molar-refractivity contribution in [3.63, 3.8) is 0 Å². The second kappa shape index (κ2) is 37.4. The molecule has 0 aromatic heterocycles. The fourth-order valence-corrected chi connectivity index (χ4v) is 6.02. The van der Waals surface area contributed by atoms with Crippen molar-refractivity contribution in [3.05, 3.63) is 48.6 Å². The zero-order valence-electron chi connectivity index (χ0n) is 33.6. The van der Waals surface area contributed by atoms with Crippen LogP contribution in [0.5, 0.6) is 0 Å². The molecule has 0 aliphatic carbocycles. The van der Waals surface area contributed by atoms with E-state index in [0.717, 1.165) is 70.6 Å². The Morgan fingerprint density at radius 3 is 1.56 bits per heavy atom. The molecular formula is C42H74NO10P. The van der Waals surface area contributed by atoms with Crippen LogP contribution >= 0.6 is 7.82 Å². The first-order chi connectivity index (χ1) is 26.1. The number of carboxylic acids is 1. The summed E-state index contributed by atoms with van der Waals surface area (Å²) in [6, 6.07) is -1.53. The molecule has 4 N–H and O–H groups in total. The monoisotopic (exact) mass is 784 g/mol. The van der Waals surface area contributed by atoms with E-state index in [0.29, 0.717) is 12.8 Å². The minimum Gasteiger partial charge on any atom is -0.480 e. The van der Waals surface area contributed by atoms with Crippen LogP contribution < -0.4 is 5.73 Å². The van der Waals surface area contributed by atoms with Crippen LogP contribution in [0.3, 0.4) is 0 Å². The molecule has 54 heavy (non-hydrogen) atoms. The molecule has 0 saturated carbocycles. The maximum Gasteiger partial charge on any atom is 0.472 e. The van der Waals surface area contributed by atoms with Crippen molar-refractivity contribution in [1.82, 2.24) is 0 Å². The summed E-state index contributed by atoms with van der Waals surface area (Å²) in [6.45, 7) is 2.71. The third-order valence-corrected chi connectivity index (χ3v) is 9.50. The number of allylic oxidation sites excluding steroid dienone is 8. The standard InChI is InChI=1S/C42H74NO10P/c1-3-5-7-9-11-13-15-17-19-21-23-25-27-29-31-33-40(44)50-35-38(36-51-54(48,49)52-37-39(43)42(46)47)53-41(45)34-32-30-28-26-24-22-20-18-16-14-12-10-8-6-4-2/h11,13,17-20,23,25,38-39H,3-10,12,14-16,21-22,24,26-37,43H2,1-2H3,(H,46,47)(H,48,49)/b13-11+,19-17+,20-18+,25-23+/t38-,39+/m1/s1. The van der Waals surface area contributed by atoms with Crippen molar-refractivity contribution in [3.8, 4) is 0 Å². The maximum atomic E-state index is 12.6. The van der Waals surface area contributed by atoms with E-state index in [9.17, 15) is 23.8 Å². The average Bonchev–Trinajstić information content (AvgIpc) is 3.14. The quantitative estimate of drug-likeness (QED) is 0.0235. The van der Waals surface area contributed by atoms with Gasteiger partial charge < -0.3 is 25.2 Å². The number of hydrogen-bond donors (Lipinski definition) is 3. The van der Waals surface area contributed by atoms with Crippen LogP contribution in [0.25, 0.3) is 0 Å². The average molecular weight is 784 g/mol. The fraction of sp³-hybridized carbons (Fsp3) is 0.738. The first-order valence-corrected chi connectivity index (χ1v) is 22.2. The van der Waals surface area contributed by atoms with Gasteiger partial charge in [0.25, 0.3) is 0 Å². The summed E-state index contributed by atoms with van der Waals surface area (Å²) in [5.41, 5.74) is 5.32. The number of rotatable bonds is 38. The summed E-state index contributed by atoms with van der Waals surface area (Å²) in [4.78, 5) is 45.8. The summed E-state index contributed by atoms with van der Waals surface area (Å²) in [5.74, 6) is -2.44. The second-order valence-electron chi connectivity index (χ2n) is 13.8. The SMILES string of the molecule is CCCCC/C=C/C/C=C/C/C=C/CCCCC(=O)OC[C@H](COP(=O)(O)OC[C@H](N)C(=O)O)OC(=O)CCCCCCC/C=C/CCCCCCCC. The van der Waals surface area contributed by atoms with Crippen LogP contribution in [0.15, 0.2) is 48.6 Å². The predicted molar refractivity (Wildman–Crippen MR) is 217 cm³/mol. The highest BCUT2D eigenvalue weighted by molar-refractivity contribution is 7.47. The molecule has 0 aromatic carbocycles. The first-order valence-electron chi connectivity index (χ1n) is 20.7. The van der Waals surface area contributed by atoms with Crippen molar-refractivity contribution in [2.75, 3.05) is 19.8 Å². The van der Waals surface area contributed by atoms with E-state index in [1.165, 1.54) is 57.8 Å². The second-order valence-corrected chi connectivity index (χ2v) is 15.2. The van der Waals surface area contributed by atoms with E-state index in [1.54, 1.807) is 0 Å². The Hall–Kier alpha value is -2.56. The van der Waals surface area contributed by atoms with E-state index >= 15 is 0 Å². The summed E-state index contributed by atoms with van der Waals surface area (Å²) in [5, 5.41) is 8.87. The smallest absolute Gasteiger partial charge is 0.472 e. The van der Waals surface area contributed by atoms with Gasteiger partial charge in [-0.15, -0.1) is 0 Å². The molecule has 0 aromatic rings. The van der Waals surface area contributed by atoms with Gasteiger partial charge in [0, 0.05) is 12.8 Å². The molecular weight excluding hydrogens is 709 g/mol. The van der Waals surface area contributed by atoms with Crippen molar-refractivity contribution in [2.24, 2.45) is 5.73 Å². The van der Waals surface area contributed by atoms with E-state index in [-0.39, 0.29) is 19.4 Å². The molecule has 0 saturated heterocycles. The molecule has 0 bridgehead atoms. The Balaban J connectivity index is 4.48. The molecule has 11 nitrogen and oxygen atoms in total. The number of phosphoric ester groups is 1. The highest BCUT2D eigenvalue weighted by Crippen LogP contribution is 2.43. The van der Waals surface area contributed by atoms with Gasteiger partial charge in [-0.25, -0.2) is 4.57 Å². The molecule has 3 atom stereocenters. The zero-order chi connectivity index (χ0) is 40.0. The molecule has 0 heterocycles. The zero-order valence-corrected chi connectivity index (χ0v) is 34.4. The van der Waals surface area contributed by atoms with Gasteiger partial charge in [0.05, 0.1) is 13.2 Å². The molecule has 0 radical (unpaired) electrons. The molecule has 0 fully saturated rings. The summed E-state index contributed by atoms with van der Waals surface area (Å²) in [7, 11) is -4.72. The van der Waals surface area contributed by atoms with Crippen LogP contribution in [-0.4, -0.2) is 59.9 Å². The highest BCUT2D eigenvalue weighted by atomic mass is 31.2. The lowest BCUT2D eigenvalue weighted by atomic mass is 10.1. The van der Waals surface area contributed by atoms with Gasteiger partial charge in [0.1, 0.15) is 12.6 Å². The number of hydrogen-bond acceptors (Lipinski definition) is 9. The Morgan fingerprint density at radius 1 is 0.574 bits per heavy atom. The normalized spacial score (nSPS) is 14.3. The Labute approximate surface area is 326 Å². The Bertz CT molecular complexity index is 1110. The van der Waals surface area contributed by atoms with Crippen molar-refractivity contribution in [1.29, 1.82) is 0 Å². The molecule has 12 heteroatoms. The van der Waals surface area contributed by atoms with E-state index in [1.807, 2.05) is 0 Å². The number of ether oxygens (including phenoxy) is 2. The number of unbranched alkanes of at least 4 members (excludes halogenated alkanes) is 16. The number of aliphatic carboxylic acids is 1. The molecule has 1 unspecified atom stereocenters. The van der Waals surface area contributed by atoms with E-state index in [2.05, 4.69) is 67.0 Å². The lowest BCUT2D eigenvalue weighted by Crippen LogP contribution is -2.34. The molecule has 312 valence electrons. The van der Waals surface area contributed by atoms with Crippen molar-refractivity contribution < 1.29 is 47.5 Å². The predicted octanol–water partition coefficient (Wildman–Crippen LogP) is 10.6. The highest BCUT2D eigenvalue weighted by Gasteiger charge is 2.28. The Morgan fingerprint density at radius 2 is 0.981 bits per heavy atom. The van der Waals surface area contributed by atoms with Crippen LogP contribution in [-0.2, 0) is 37.5 Å². The molecule has 0 aliphatic rings. The van der Waals surface area contributed by atoms with Crippen LogP contribution in [0.4, 0.5) is 0 Å². The number of carboxylic acid groups (broad SMARTS) is 1. The number of nitrogens with two attached hydrogens (primary N) is 1. The number of carbonyl (C=O) groups excluding carboxylic acids is 2. The first kappa shape index (κ1) is 51.4. The minimum atomic E-state index is -4.72. The van der Waals surface area contributed by atoms with Gasteiger partial charge in [0.15, 0.2) is 6.10 Å². The van der Waals surface area contributed by atoms with Crippen LogP contribution in [0.1, 0.15) is 168 Å². The van der Waals surface area contributed by atoms with E-state index < -0.39 is 51.1 Å². The molecule has 0 rings (SSSR count). The summed E-state index contributed by atoms with van der Waals surface area (Å²) < 4.78 is 32.6. The van der Waals surface area contributed by atoms with Gasteiger partial charge in [-0.3, -0.25) is 23.4 Å². The molecule has 0 amide bonds. The van der Waals surface area contributed by atoms with E-state index in [4.69, 9.17) is 24.8 Å². The number of carbonyl (C=O) groups is 3. The Kier molecular flexibility index (Phi) is 35.6. The number of esters is 2. The summed E-state index contributed by atoms with van der Waals surface area (Å²) in [6.07, 6.45) is 40.3. The van der Waals surface area contributed by atoms with Gasteiger partial charge in [-0.2, -0.15) is 0 Å². The molecule has 0 aliphatic heterocycles. The third-order valence-electron chi connectivity index (χ3n) is 8.55. The fourth-order valence-electron chi connectivity index (χ4n) is 5.24. The lowest BCUT2D eigenvalue weighted by Gasteiger charge is -2.20. The van der Waals surface area contributed by atoms with Gasteiger partial charge in [-0.1, -0.05) is 127 Å². The lowest BCUT2D eigenvalue weighted by molar-refractivity contribution is -0.161. The summed E-state index contributed by atoms with van der Waals surface area (Å²) >= 11 is 0. The maximum absolute atomic E-state index is 12.6. The minimum absolute atomic E-state index is 0.142. The van der Waals surface area contributed by atoms with Crippen molar-refractivity contribution >= 4 is 25.7 Å². The van der Waals surface area contributed by atoms with Crippen LogP contribution in [0, 0.1) is 0 Å². The topological polar surface area (TPSA) is 172 Å². The largest absolute Gasteiger partial charge is 0.480 e. The third kappa shape index (κ3) is 36.4. The van der Waals surface area contributed by atoms with Gasteiger partial charge >= 0.3 is 25.7 Å². The van der Waals surface area contributed by atoms with Crippen molar-refractivity contribution in [2.45, 2.75) is 180 Å². The van der Waals surface area contributed by atoms with Gasteiger partial charge in [-0.05, 0) is 77.0 Å².